The van der Waals surface area contributed by atoms with Gasteiger partial charge in [-0.25, -0.2) is 4.79 Å². The van der Waals surface area contributed by atoms with Crippen molar-refractivity contribution in [3.63, 3.8) is 0 Å². The number of aromatic nitrogens is 2. The summed E-state index contributed by atoms with van der Waals surface area (Å²) in [5, 5.41) is 6.27. The maximum Gasteiger partial charge on any atom is 0.323 e. The molecule has 3 rings (SSSR count). The van der Waals surface area contributed by atoms with Gasteiger partial charge >= 0.3 is 5.69 Å². The Balaban J connectivity index is 1.92. The van der Waals surface area contributed by atoms with Crippen molar-refractivity contribution in [2.75, 3.05) is 11.9 Å². The molecule has 6 nitrogen and oxygen atoms in total. The molecule has 1 saturated heterocycles. The van der Waals surface area contributed by atoms with Crippen molar-refractivity contribution in [1.82, 2.24) is 15.3 Å². The molecular formula is C14H17BrN4O2. The number of carbonyl (C=O) groups excluding carboxylic acids is 1. The van der Waals surface area contributed by atoms with Crippen molar-refractivity contribution in [2.45, 2.75) is 31.7 Å². The lowest BCUT2D eigenvalue weighted by atomic mass is 9.93. The van der Waals surface area contributed by atoms with Crippen LogP contribution in [0, 0.1) is 0 Å². The van der Waals surface area contributed by atoms with Crippen molar-refractivity contribution in [2.24, 2.45) is 0 Å². The Morgan fingerprint density at radius 2 is 2.10 bits per heavy atom. The number of rotatable bonds is 3. The van der Waals surface area contributed by atoms with Crippen LogP contribution >= 0.6 is 15.9 Å². The molecule has 4 N–H and O–H groups in total. The minimum absolute atomic E-state index is 0.0274. The number of benzene rings is 1. The number of H-pyrrole nitrogens is 2. The van der Waals surface area contributed by atoms with Crippen molar-refractivity contribution in [1.29, 1.82) is 0 Å². The van der Waals surface area contributed by atoms with Crippen molar-refractivity contribution in [3.8, 4) is 0 Å². The van der Waals surface area contributed by atoms with Crippen LogP contribution in [0.2, 0.25) is 0 Å². The summed E-state index contributed by atoms with van der Waals surface area (Å²) >= 11 is 3.43. The van der Waals surface area contributed by atoms with Gasteiger partial charge in [-0.05, 0) is 53.9 Å². The number of hydrogen-bond acceptors (Lipinski definition) is 3. The van der Waals surface area contributed by atoms with Crippen LogP contribution in [0.5, 0.6) is 0 Å². The van der Waals surface area contributed by atoms with Gasteiger partial charge in [0.25, 0.3) is 0 Å². The zero-order valence-electron chi connectivity index (χ0n) is 11.7. The predicted molar refractivity (Wildman–Crippen MR) is 85.5 cm³/mol. The lowest BCUT2D eigenvalue weighted by molar-refractivity contribution is -0.122. The maximum atomic E-state index is 12.6. The van der Waals surface area contributed by atoms with Gasteiger partial charge in [0, 0.05) is 4.47 Å². The van der Waals surface area contributed by atoms with E-state index in [0.717, 1.165) is 30.3 Å². The predicted octanol–water partition coefficient (Wildman–Crippen LogP) is 2.09. The van der Waals surface area contributed by atoms with E-state index in [4.69, 9.17) is 0 Å². The molecule has 1 unspecified atom stereocenters. The highest BCUT2D eigenvalue weighted by Gasteiger charge is 2.39. The fourth-order valence-corrected chi connectivity index (χ4v) is 3.30. The molecule has 1 aromatic carbocycles. The Morgan fingerprint density at radius 3 is 2.71 bits per heavy atom. The first-order chi connectivity index (χ1) is 10.0. The summed E-state index contributed by atoms with van der Waals surface area (Å²) in [6.45, 7) is 2.88. The molecule has 1 aliphatic heterocycles. The summed E-state index contributed by atoms with van der Waals surface area (Å²) < 4.78 is 0.739. The number of halogens is 1. The first kappa shape index (κ1) is 14.3. The number of nitrogens with one attached hydrogen (secondary N) is 4. The first-order valence-electron chi connectivity index (χ1n) is 7.02. The van der Waals surface area contributed by atoms with E-state index in [1.165, 1.54) is 0 Å². The zero-order chi connectivity index (χ0) is 15.0. The van der Waals surface area contributed by atoms with E-state index < -0.39 is 5.54 Å². The highest BCUT2D eigenvalue weighted by atomic mass is 79.9. The van der Waals surface area contributed by atoms with Gasteiger partial charge in [-0.1, -0.05) is 6.92 Å². The van der Waals surface area contributed by atoms with E-state index in [1.54, 1.807) is 12.1 Å². The largest absolute Gasteiger partial charge is 0.323 e. The maximum absolute atomic E-state index is 12.6. The Bertz CT molecular complexity index is 743. The van der Waals surface area contributed by atoms with E-state index in [0.29, 0.717) is 16.7 Å². The number of imidazole rings is 1. The Kier molecular flexibility index (Phi) is 3.62. The molecule has 7 heteroatoms. The second-order valence-corrected chi connectivity index (χ2v) is 6.23. The molecule has 1 aliphatic rings. The van der Waals surface area contributed by atoms with E-state index in [9.17, 15) is 9.59 Å². The molecule has 0 bridgehead atoms. The number of anilines is 1. The SMILES string of the molecule is CCC1(C(=O)Nc2cc3[nH]c(=O)[nH]c3cc2Br)CCCN1. The van der Waals surface area contributed by atoms with Crippen LogP contribution in [0.1, 0.15) is 26.2 Å². The normalized spacial score (nSPS) is 21.8. The summed E-state index contributed by atoms with van der Waals surface area (Å²) in [6.07, 6.45) is 2.60. The van der Waals surface area contributed by atoms with Crippen LogP contribution < -0.4 is 16.3 Å². The topological polar surface area (TPSA) is 89.8 Å². The monoisotopic (exact) mass is 352 g/mol. The molecule has 112 valence electrons. The van der Waals surface area contributed by atoms with Crippen molar-refractivity contribution < 1.29 is 4.79 Å². The lowest BCUT2D eigenvalue weighted by Crippen LogP contribution is -2.50. The quantitative estimate of drug-likeness (QED) is 0.681. The molecule has 1 atom stereocenters. The highest BCUT2D eigenvalue weighted by molar-refractivity contribution is 9.10. The zero-order valence-corrected chi connectivity index (χ0v) is 13.3. The van der Waals surface area contributed by atoms with Crippen LogP contribution in [0.4, 0.5) is 5.69 Å². The molecule has 0 saturated carbocycles. The summed E-state index contributed by atoms with van der Waals surface area (Å²) in [4.78, 5) is 29.3. The number of amides is 1. The summed E-state index contributed by atoms with van der Waals surface area (Å²) in [5.41, 5.74) is 1.28. The van der Waals surface area contributed by atoms with Gasteiger partial charge in [0.15, 0.2) is 0 Å². The molecular weight excluding hydrogens is 336 g/mol. The van der Waals surface area contributed by atoms with Crippen molar-refractivity contribution >= 4 is 38.6 Å². The van der Waals surface area contributed by atoms with Gasteiger partial charge in [-0.3, -0.25) is 4.79 Å². The summed E-state index contributed by atoms with van der Waals surface area (Å²) in [7, 11) is 0. The van der Waals surface area contributed by atoms with E-state index >= 15 is 0 Å². The third kappa shape index (κ3) is 2.51. The summed E-state index contributed by atoms with van der Waals surface area (Å²) in [6, 6.07) is 3.54. The molecule has 0 radical (unpaired) electrons. The Morgan fingerprint density at radius 1 is 1.38 bits per heavy atom. The molecule has 2 heterocycles. The number of aromatic amines is 2. The van der Waals surface area contributed by atoms with Gasteiger partial charge < -0.3 is 20.6 Å². The van der Waals surface area contributed by atoms with Crippen LogP contribution in [0.25, 0.3) is 11.0 Å². The average Bonchev–Trinajstić information content (AvgIpc) is 3.05. The van der Waals surface area contributed by atoms with Crippen LogP contribution in [-0.4, -0.2) is 28.0 Å². The molecule has 1 aromatic heterocycles. The smallest absolute Gasteiger partial charge is 0.323 e. The fourth-order valence-electron chi connectivity index (χ4n) is 2.86. The summed E-state index contributed by atoms with van der Waals surface area (Å²) in [5.74, 6) is -0.0274. The van der Waals surface area contributed by atoms with Gasteiger partial charge in [-0.15, -0.1) is 0 Å². The second-order valence-electron chi connectivity index (χ2n) is 5.38. The van der Waals surface area contributed by atoms with Crippen molar-refractivity contribution in [3.05, 3.63) is 27.1 Å². The number of fused-ring (bicyclic) bond motifs is 1. The lowest BCUT2D eigenvalue weighted by Gasteiger charge is -2.26. The molecule has 0 aliphatic carbocycles. The molecule has 0 spiro atoms. The van der Waals surface area contributed by atoms with Gasteiger partial charge in [0.1, 0.15) is 0 Å². The Labute approximate surface area is 129 Å². The van der Waals surface area contributed by atoms with Gasteiger partial charge in [0.05, 0.1) is 22.3 Å². The molecule has 21 heavy (non-hydrogen) atoms. The molecule has 1 amide bonds. The Hall–Kier alpha value is -1.60. The first-order valence-corrected chi connectivity index (χ1v) is 7.81. The fraction of sp³-hybridized carbons (Fsp3) is 0.429. The minimum atomic E-state index is -0.486. The second kappa shape index (κ2) is 5.31. The van der Waals surface area contributed by atoms with E-state index in [1.807, 2.05) is 6.92 Å². The van der Waals surface area contributed by atoms with E-state index in [2.05, 4.69) is 36.5 Å². The number of hydrogen-bond donors (Lipinski definition) is 4. The molecule has 1 fully saturated rings. The van der Waals surface area contributed by atoms with Crippen LogP contribution in [0.3, 0.4) is 0 Å². The number of carbonyl (C=O) groups is 1. The molecule has 2 aromatic rings. The van der Waals surface area contributed by atoms with Crippen LogP contribution in [-0.2, 0) is 4.79 Å². The standard InChI is InChI=1S/C14H17BrN4O2/c1-2-14(4-3-5-16-14)12(20)17-9-7-11-10(6-8(9)15)18-13(21)19-11/h6-7,16H,2-5H2,1H3,(H,17,20)(H2,18,19,21). The third-order valence-electron chi connectivity index (χ3n) is 4.13. The van der Waals surface area contributed by atoms with E-state index in [-0.39, 0.29) is 11.6 Å². The minimum Gasteiger partial charge on any atom is -0.323 e. The third-order valence-corrected chi connectivity index (χ3v) is 4.79. The van der Waals surface area contributed by atoms with Gasteiger partial charge in [-0.2, -0.15) is 0 Å². The van der Waals surface area contributed by atoms with Gasteiger partial charge in [0.2, 0.25) is 5.91 Å². The average molecular weight is 353 g/mol. The highest BCUT2D eigenvalue weighted by Crippen LogP contribution is 2.29. The van der Waals surface area contributed by atoms with Crippen LogP contribution in [0.15, 0.2) is 21.4 Å².